The number of nitrogens with zero attached hydrogens (tertiary/aromatic N) is 1. The van der Waals surface area contributed by atoms with E-state index in [0.717, 1.165) is 5.56 Å². The molecule has 0 aliphatic heterocycles. The van der Waals surface area contributed by atoms with Crippen molar-refractivity contribution in [1.29, 1.82) is 0 Å². The van der Waals surface area contributed by atoms with Crippen LogP contribution >= 0.6 is 0 Å². The molecule has 0 spiro atoms. The van der Waals surface area contributed by atoms with E-state index < -0.39 is 22.8 Å². The number of carbonyl (C=O) groups excluding carboxylic acids is 3. The number of non-ortho nitro benzene ring substituents is 1. The summed E-state index contributed by atoms with van der Waals surface area (Å²) in [7, 11) is 2.44. The van der Waals surface area contributed by atoms with E-state index in [2.05, 4.69) is 5.32 Å². The summed E-state index contributed by atoms with van der Waals surface area (Å²) in [6.45, 7) is 0. The van der Waals surface area contributed by atoms with E-state index in [1.54, 1.807) is 30.3 Å². The number of carbonyl (C=O) groups is 3. The fourth-order valence-electron chi connectivity index (χ4n) is 3.24. The number of anilines is 1. The third-order valence-corrected chi connectivity index (χ3v) is 4.87. The van der Waals surface area contributed by atoms with Crippen molar-refractivity contribution in [1.82, 2.24) is 0 Å². The quantitative estimate of drug-likeness (QED) is 0.329. The summed E-state index contributed by atoms with van der Waals surface area (Å²) in [4.78, 5) is 47.3. The van der Waals surface area contributed by atoms with Gasteiger partial charge in [-0.2, -0.15) is 0 Å². The lowest BCUT2D eigenvalue weighted by Gasteiger charge is -2.13. The molecule has 0 aliphatic carbocycles. The molecule has 0 heterocycles. The van der Waals surface area contributed by atoms with Crippen molar-refractivity contribution in [3.63, 3.8) is 0 Å². The topological polar surface area (TPSA) is 125 Å². The Bertz CT molecular complexity index is 1240. The number of benzene rings is 3. The van der Waals surface area contributed by atoms with Crippen LogP contribution in [-0.2, 0) is 15.9 Å². The minimum Gasteiger partial charge on any atom is -0.465 e. The highest BCUT2D eigenvalue weighted by molar-refractivity contribution is 6.05. The Morgan fingerprint density at radius 1 is 0.879 bits per heavy atom. The predicted molar refractivity (Wildman–Crippen MR) is 119 cm³/mol. The van der Waals surface area contributed by atoms with Crippen LogP contribution in [0.5, 0.6) is 0 Å². The first-order valence-corrected chi connectivity index (χ1v) is 9.77. The molecular weight excluding hydrogens is 428 g/mol. The highest BCUT2D eigenvalue weighted by Crippen LogP contribution is 2.23. The van der Waals surface area contributed by atoms with Gasteiger partial charge in [-0.15, -0.1) is 0 Å². The molecule has 9 nitrogen and oxygen atoms in total. The summed E-state index contributed by atoms with van der Waals surface area (Å²) < 4.78 is 9.50. The second-order valence-corrected chi connectivity index (χ2v) is 6.96. The highest BCUT2D eigenvalue weighted by Gasteiger charge is 2.19. The van der Waals surface area contributed by atoms with Gasteiger partial charge in [0.2, 0.25) is 0 Å². The van der Waals surface area contributed by atoms with Crippen LogP contribution in [-0.4, -0.2) is 37.0 Å². The standard InChI is InChI=1S/C24H20N2O7/c1-32-23(28)19-11-10-15(13-20(19)24(29)33-2)12-16-6-3-4-9-21(16)25-22(27)17-7-5-8-18(14-17)26(30)31/h3-11,13-14H,12H2,1-2H3,(H,25,27). The van der Waals surface area contributed by atoms with Crippen molar-refractivity contribution < 1.29 is 28.8 Å². The average Bonchev–Trinajstić information content (AvgIpc) is 2.84. The third-order valence-electron chi connectivity index (χ3n) is 4.87. The molecule has 1 N–H and O–H groups in total. The van der Waals surface area contributed by atoms with Crippen LogP contribution in [0.4, 0.5) is 11.4 Å². The van der Waals surface area contributed by atoms with Crippen molar-refractivity contribution in [3.8, 4) is 0 Å². The molecule has 0 aromatic heterocycles. The van der Waals surface area contributed by atoms with E-state index in [9.17, 15) is 24.5 Å². The molecule has 3 aromatic carbocycles. The molecule has 0 atom stereocenters. The number of hydrogen-bond acceptors (Lipinski definition) is 7. The Morgan fingerprint density at radius 2 is 1.58 bits per heavy atom. The summed E-state index contributed by atoms with van der Waals surface area (Å²) in [5, 5.41) is 13.8. The SMILES string of the molecule is COC(=O)c1ccc(Cc2ccccc2NC(=O)c2cccc([N+](=O)[O-])c2)cc1C(=O)OC. The molecule has 0 fully saturated rings. The van der Waals surface area contributed by atoms with Gasteiger partial charge in [0.1, 0.15) is 0 Å². The Morgan fingerprint density at radius 3 is 2.27 bits per heavy atom. The maximum Gasteiger partial charge on any atom is 0.338 e. The minimum absolute atomic E-state index is 0.0694. The molecule has 0 saturated heterocycles. The summed E-state index contributed by atoms with van der Waals surface area (Å²) in [6.07, 6.45) is 0.330. The number of nitro groups is 1. The van der Waals surface area contributed by atoms with Crippen LogP contribution in [0.1, 0.15) is 42.2 Å². The second-order valence-electron chi connectivity index (χ2n) is 6.96. The number of methoxy groups -OCH3 is 2. The average molecular weight is 448 g/mol. The fraction of sp³-hybridized carbons (Fsp3) is 0.125. The number of hydrogen-bond donors (Lipinski definition) is 1. The molecule has 9 heteroatoms. The molecule has 0 aliphatic rings. The number of para-hydroxylation sites is 1. The normalized spacial score (nSPS) is 10.2. The monoisotopic (exact) mass is 448 g/mol. The minimum atomic E-state index is -0.676. The molecule has 0 radical (unpaired) electrons. The van der Waals surface area contributed by atoms with Crippen molar-refractivity contribution in [3.05, 3.63) is 105 Å². The Balaban J connectivity index is 1.89. The van der Waals surface area contributed by atoms with Gasteiger partial charge in [-0.3, -0.25) is 14.9 Å². The first-order valence-electron chi connectivity index (χ1n) is 9.77. The van der Waals surface area contributed by atoms with E-state index in [1.807, 2.05) is 0 Å². The largest absolute Gasteiger partial charge is 0.465 e. The van der Waals surface area contributed by atoms with Gasteiger partial charge in [-0.1, -0.05) is 30.3 Å². The lowest BCUT2D eigenvalue weighted by atomic mass is 9.98. The zero-order valence-corrected chi connectivity index (χ0v) is 17.9. The number of esters is 2. The van der Waals surface area contributed by atoms with Crippen molar-refractivity contribution in [2.45, 2.75) is 6.42 Å². The van der Waals surface area contributed by atoms with Crippen LogP contribution < -0.4 is 5.32 Å². The van der Waals surface area contributed by atoms with Crippen LogP contribution in [0.25, 0.3) is 0 Å². The molecule has 168 valence electrons. The van der Waals surface area contributed by atoms with E-state index in [4.69, 9.17) is 9.47 Å². The number of nitrogens with one attached hydrogen (secondary N) is 1. The first-order chi connectivity index (χ1) is 15.8. The van der Waals surface area contributed by atoms with E-state index in [0.29, 0.717) is 17.7 Å². The zero-order valence-electron chi connectivity index (χ0n) is 17.9. The molecule has 0 saturated carbocycles. The van der Waals surface area contributed by atoms with Crippen molar-refractivity contribution in [2.24, 2.45) is 0 Å². The van der Waals surface area contributed by atoms with Crippen LogP contribution in [0.3, 0.4) is 0 Å². The molecule has 33 heavy (non-hydrogen) atoms. The predicted octanol–water partition coefficient (Wildman–Crippen LogP) is 4.01. The van der Waals surface area contributed by atoms with E-state index in [1.165, 1.54) is 50.6 Å². The molecular formula is C24H20N2O7. The van der Waals surface area contributed by atoms with Crippen LogP contribution in [0.2, 0.25) is 0 Å². The van der Waals surface area contributed by atoms with Crippen molar-refractivity contribution >= 4 is 29.2 Å². The lowest BCUT2D eigenvalue weighted by molar-refractivity contribution is -0.384. The highest BCUT2D eigenvalue weighted by atomic mass is 16.6. The van der Waals surface area contributed by atoms with E-state index >= 15 is 0 Å². The van der Waals surface area contributed by atoms with Crippen LogP contribution in [0.15, 0.2) is 66.7 Å². The van der Waals surface area contributed by atoms with Crippen LogP contribution in [0, 0.1) is 10.1 Å². The van der Waals surface area contributed by atoms with E-state index in [-0.39, 0.29) is 22.4 Å². The summed E-state index contributed by atoms with van der Waals surface area (Å²) in [5.74, 6) is -1.83. The van der Waals surface area contributed by atoms with Gasteiger partial charge in [0.05, 0.1) is 30.3 Å². The Labute approximate surface area is 189 Å². The zero-order chi connectivity index (χ0) is 24.0. The van der Waals surface area contributed by atoms with Gasteiger partial charge in [0.25, 0.3) is 11.6 Å². The lowest BCUT2D eigenvalue weighted by Crippen LogP contribution is -2.14. The van der Waals surface area contributed by atoms with Gasteiger partial charge in [-0.05, 0) is 41.8 Å². The number of nitro benzene ring substituents is 1. The van der Waals surface area contributed by atoms with Gasteiger partial charge >= 0.3 is 11.9 Å². The van der Waals surface area contributed by atoms with Crippen molar-refractivity contribution in [2.75, 3.05) is 19.5 Å². The Hall–Kier alpha value is -4.53. The molecule has 3 aromatic rings. The molecule has 0 unspecified atom stereocenters. The van der Waals surface area contributed by atoms with Gasteiger partial charge in [0, 0.05) is 23.4 Å². The van der Waals surface area contributed by atoms with Gasteiger partial charge in [-0.25, -0.2) is 9.59 Å². The summed E-state index contributed by atoms with van der Waals surface area (Å²) in [6, 6.07) is 17.2. The smallest absolute Gasteiger partial charge is 0.338 e. The maximum absolute atomic E-state index is 12.7. The third kappa shape index (κ3) is 5.40. The summed E-state index contributed by atoms with van der Waals surface area (Å²) in [5.41, 5.74) is 2.05. The fourth-order valence-corrected chi connectivity index (χ4v) is 3.24. The number of rotatable bonds is 7. The number of amides is 1. The van der Waals surface area contributed by atoms with Gasteiger partial charge < -0.3 is 14.8 Å². The van der Waals surface area contributed by atoms with Gasteiger partial charge in [0.15, 0.2) is 0 Å². The molecule has 1 amide bonds. The maximum atomic E-state index is 12.7. The second kappa shape index (κ2) is 10.2. The first kappa shape index (κ1) is 23.1. The summed E-state index contributed by atoms with van der Waals surface area (Å²) >= 11 is 0. The Kier molecular flexibility index (Phi) is 7.14. The molecule has 0 bridgehead atoms. The molecule has 3 rings (SSSR count). The number of ether oxygens (including phenoxy) is 2.